The number of esters is 1. The van der Waals surface area contributed by atoms with E-state index in [1.165, 1.54) is 23.1 Å². The molecule has 0 fully saturated rings. The minimum atomic E-state index is -0.646. The first-order valence-electron chi connectivity index (χ1n) is 6.46. The van der Waals surface area contributed by atoms with Crippen LogP contribution in [0.4, 0.5) is 0 Å². The van der Waals surface area contributed by atoms with Crippen molar-refractivity contribution in [2.75, 3.05) is 19.4 Å². The molecule has 1 aromatic carbocycles. The Kier molecular flexibility index (Phi) is 5.88. The molecule has 1 unspecified atom stereocenters. The molecule has 1 N–H and O–H groups in total. The summed E-state index contributed by atoms with van der Waals surface area (Å²) in [6, 6.07) is 6.36. The van der Waals surface area contributed by atoms with Gasteiger partial charge in [-0.15, -0.1) is 11.8 Å². The average Bonchev–Trinajstić information content (AvgIpc) is 2.39. The van der Waals surface area contributed by atoms with Crippen molar-refractivity contribution in [3.63, 3.8) is 0 Å². The van der Waals surface area contributed by atoms with Crippen LogP contribution in [0.25, 0.3) is 0 Å². The fourth-order valence-corrected chi connectivity index (χ4v) is 2.93. The molecular formula is C15H23NO2S. The molecule has 0 bridgehead atoms. The number of ether oxygens (including phenoxy) is 1. The zero-order valence-corrected chi connectivity index (χ0v) is 13.2. The Bertz CT molecular complexity index is 448. The van der Waals surface area contributed by atoms with Crippen molar-refractivity contribution in [2.24, 2.45) is 0 Å². The van der Waals surface area contributed by atoms with Gasteiger partial charge in [0, 0.05) is 10.6 Å². The molecule has 3 nitrogen and oxygen atoms in total. The number of carbonyl (C=O) groups is 1. The molecule has 1 rings (SSSR count). The van der Waals surface area contributed by atoms with E-state index in [9.17, 15) is 4.79 Å². The van der Waals surface area contributed by atoms with Crippen molar-refractivity contribution in [1.82, 2.24) is 5.32 Å². The summed E-state index contributed by atoms with van der Waals surface area (Å²) in [7, 11) is 1.43. The molecule has 0 aliphatic rings. The maximum absolute atomic E-state index is 11.9. The second-order valence-corrected chi connectivity index (χ2v) is 5.94. The van der Waals surface area contributed by atoms with Gasteiger partial charge in [-0.2, -0.15) is 0 Å². The van der Waals surface area contributed by atoms with Crippen LogP contribution < -0.4 is 5.32 Å². The van der Waals surface area contributed by atoms with Crippen molar-refractivity contribution in [3.05, 3.63) is 29.3 Å². The normalized spacial score (nSPS) is 13.9. The summed E-state index contributed by atoms with van der Waals surface area (Å²) in [5.41, 5.74) is 1.91. The fourth-order valence-electron chi connectivity index (χ4n) is 1.83. The van der Waals surface area contributed by atoms with Crippen LogP contribution in [-0.4, -0.2) is 30.9 Å². The van der Waals surface area contributed by atoms with Gasteiger partial charge in [-0.25, -0.2) is 0 Å². The highest BCUT2D eigenvalue weighted by Gasteiger charge is 2.33. The fraction of sp³-hybridized carbons (Fsp3) is 0.533. The smallest absolute Gasteiger partial charge is 0.326 e. The van der Waals surface area contributed by atoms with Crippen molar-refractivity contribution < 1.29 is 9.53 Å². The van der Waals surface area contributed by atoms with E-state index in [1.807, 2.05) is 13.8 Å². The van der Waals surface area contributed by atoms with Crippen LogP contribution in [-0.2, 0) is 9.53 Å². The molecule has 106 valence electrons. The third-order valence-electron chi connectivity index (χ3n) is 3.21. The van der Waals surface area contributed by atoms with E-state index >= 15 is 0 Å². The van der Waals surface area contributed by atoms with E-state index < -0.39 is 5.54 Å². The second-order valence-electron chi connectivity index (χ2n) is 4.89. The van der Waals surface area contributed by atoms with Gasteiger partial charge in [0.25, 0.3) is 0 Å². The topological polar surface area (TPSA) is 38.3 Å². The van der Waals surface area contributed by atoms with Crippen molar-refractivity contribution in [1.29, 1.82) is 0 Å². The highest BCUT2D eigenvalue weighted by molar-refractivity contribution is 7.99. The predicted octanol–water partition coefficient (Wildman–Crippen LogP) is 2.94. The van der Waals surface area contributed by atoms with Crippen molar-refractivity contribution >= 4 is 17.7 Å². The second kappa shape index (κ2) is 6.96. The Morgan fingerprint density at radius 3 is 2.58 bits per heavy atom. The monoisotopic (exact) mass is 281 g/mol. The van der Waals surface area contributed by atoms with Crippen molar-refractivity contribution in [2.45, 2.75) is 38.1 Å². The first-order chi connectivity index (χ1) is 8.92. The molecular weight excluding hydrogens is 258 g/mol. The molecule has 0 amide bonds. The van der Waals surface area contributed by atoms with Gasteiger partial charge in [0.1, 0.15) is 5.54 Å². The number of rotatable bonds is 6. The van der Waals surface area contributed by atoms with Gasteiger partial charge in [-0.3, -0.25) is 4.79 Å². The van der Waals surface area contributed by atoms with E-state index in [1.54, 1.807) is 11.8 Å². The van der Waals surface area contributed by atoms with Crippen LogP contribution in [0.15, 0.2) is 23.1 Å². The van der Waals surface area contributed by atoms with Crippen LogP contribution in [0.1, 0.15) is 25.0 Å². The number of likely N-dealkylation sites (N-methyl/N-ethyl adjacent to an activating group) is 1. The van der Waals surface area contributed by atoms with E-state index in [0.29, 0.717) is 5.75 Å². The highest BCUT2D eigenvalue weighted by Crippen LogP contribution is 2.25. The van der Waals surface area contributed by atoms with E-state index in [0.717, 1.165) is 6.54 Å². The third-order valence-corrected chi connectivity index (χ3v) is 4.52. The molecule has 1 aromatic rings. The van der Waals surface area contributed by atoms with Gasteiger partial charge < -0.3 is 10.1 Å². The minimum Gasteiger partial charge on any atom is -0.468 e. The molecule has 0 spiro atoms. The van der Waals surface area contributed by atoms with Gasteiger partial charge in [0.05, 0.1) is 7.11 Å². The minimum absolute atomic E-state index is 0.217. The van der Waals surface area contributed by atoms with Crippen LogP contribution in [0.5, 0.6) is 0 Å². The lowest BCUT2D eigenvalue weighted by Gasteiger charge is -2.27. The lowest BCUT2D eigenvalue weighted by atomic mass is 10.1. The number of carbonyl (C=O) groups excluding carboxylic acids is 1. The molecule has 0 heterocycles. The highest BCUT2D eigenvalue weighted by atomic mass is 32.2. The lowest BCUT2D eigenvalue weighted by molar-refractivity contribution is -0.146. The first kappa shape index (κ1) is 16.1. The molecule has 0 aliphatic heterocycles. The van der Waals surface area contributed by atoms with Gasteiger partial charge in [-0.05, 0) is 50.6 Å². The summed E-state index contributed by atoms with van der Waals surface area (Å²) in [6.07, 6.45) is 0. The molecule has 4 heteroatoms. The summed E-state index contributed by atoms with van der Waals surface area (Å²) in [5, 5.41) is 3.21. The quantitative estimate of drug-likeness (QED) is 0.643. The molecule has 0 aromatic heterocycles. The molecule has 0 aliphatic carbocycles. The van der Waals surface area contributed by atoms with Crippen LogP contribution >= 0.6 is 11.8 Å². The molecule has 1 atom stereocenters. The van der Waals surface area contributed by atoms with Crippen LogP contribution in [0.3, 0.4) is 0 Å². The number of benzene rings is 1. The molecule has 0 saturated heterocycles. The van der Waals surface area contributed by atoms with Crippen molar-refractivity contribution in [3.8, 4) is 0 Å². The van der Waals surface area contributed by atoms with Gasteiger partial charge in [-0.1, -0.05) is 13.0 Å². The van der Waals surface area contributed by atoms with Crippen LogP contribution in [0, 0.1) is 13.8 Å². The maximum atomic E-state index is 11.9. The standard InChI is InChI=1S/C15H23NO2S/c1-6-16-15(4,14(17)18-5)10-19-13-8-7-11(2)12(3)9-13/h7-9,16H,6,10H2,1-5H3. The summed E-state index contributed by atoms with van der Waals surface area (Å²) in [4.78, 5) is 13.0. The maximum Gasteiger partial charge on any atom is 0.326 e. The van der Waals surface area contributed by atoms with Crippen LogP contribution in [0.2, 0.25) is 0 Å². The Labute approximate surface area is 120 Å². The van der Waals surface area contributed by atoms with Gasteiger partial charge in [0.2, 0.25) is 0 Å². The number of hydrogen-bond donors (Lipinski definition) is 1. The SMILES string of the molecule is CCNC(C)(CSc1ccc(C)c(C)c1)C(=O)OC. The average molecular weight is 281 g/mol. The number of hydrogen-bond acceptors (Lipinski definition) is 4. The summed E-state index contributed by atoms with van der Waals surface area (Å²) < 4.78 is 4.88. The Balaban J connectivity index is 2.76. The zero-order valence-electron chi connectivity index (χ0n) is 12.4. The largest absolute Gasteiger partial charge is 0.468 e. The number of nitrogens with one attached hydrogen (secondary N) is 1. The van der Waals surface area contributed by atoms with E-state index in [-0.39, 0.29) is 5.97 Å². The van der Waals surface area contributed by atoms with Gasteiger partial charge in [0.15, 0.2) is 0 Å². The van der Waals surface area contributed by atoms with Gasteiger partial charge >= 0.3 is 5.97 Å². The molecule has 0 saturated carbocycles. The third kappa shape index (κ3) is 4.25. The summed E-state index contributed by atoms with van der Waals surface area (Å²) in [6.45, 7) is 8.81. The lowest BCUT2D eigenvalue weighted by Crippen LogP contribution is -2.52. The number of methoxy groups -OCH3 is 1. The Hall–Kier alpha value is -1.00. The number of aryl methyl sites for hydroxylation is 2. The zero-order chi connectivity index (χ0) is 14.5. The first-order valence-corrected chi connectivity index (χ1v) is 7.45. The Morgan fingerprint density at radius 1 is 1.37 bits per heavy atom. The molecule has 0 radical (unpaired) electrons. The van der Waals surface area contributed by atoms with E-state index in [4.69, 9.17) is 4.74 Å². The predicted molar refractivity (Wildman–Crippen MR) is 80.7 cm³/mol. The van der Waals surface area contributed by atoms with E-state index in [2.05, 4.69) is 37.4 Å². The number of thioether (sulfide) groups is 1. The molecule has 19 heavy (non-hydrogen) atoms. The Morgan fingerprint density at radius 2 is 2.05 bits per heavy atom. The summed E-state index contributed by atoms with van der Waals surface area (Å²) >= 11 is 1.67. The summed E-state index contributed by atoms with van der Waals surface area (Å²) in [5.74, 6) is 0.432.